The number of aldehydes is 1. The average molecular weight is 437 g/mol. The number of amides is 2. The minimum absolute atomic E-state index is 0.0586. The van der Waals surface area contributed by atoms with Gasteiger partial charge in [-0.05, 0) is 31.5 Å². The summed E-state index contributed by atoms with van der Waals surface area (Å²) in [6.07, 6.45) is 2.54. The zero-order valence-electron chi connectivity index (χ0n) is 15.0. The van der Waals surface area contributed by atoms with Gasteiger partial charge < -0.3 is 4.90 Å². The Balaban J connectivity index is 2.13. The molecule has 0 saturated heterocycles. The number of carbonyl (C=O) groups excluding carboxylic acids is 3. The van der Waals surface area contributed by atoms with E-state index in [1.807, 2.05) is 0 Å². The van der Waals surface area contributed by atoms with Crippen LogP contribution in [-0.2, 0) is 15.0 Å². The Hall–Kier alpha value is -2.68. The van der Waals surface area contributed by atoms with Crippen molar-refractivity contribution in [2.45, 2.75) is 19.3 Å². The van der Waals surface area contributed by atoms with Crippen LogP contribution in [-0.4, -0.2) is 46.6 Å². The van der Waals surface area contributed by atoms with Gasteiger partial charge in [0.05, 0.1) is 24.4 Å². The number of halogens is 2. The van der Waals surface area contributed by atoms with Gasteiger partial charge in [0, 0.05) is 17.1 Å². The molecular weight excluding hydrogens is 419 g/mol. The summed E-state index contributed by atoms with van der Waals surface area (Å²) in [5.41, 5.74) is -0.0957. The smallest absolute Gasteiger partial charge is 0.246 e. The number of nitrogens with zero attached hydrogens (tertiary/aromatic N) is 3. The molecule has 1 N–H and O–H groups in total. The Labute approximate surface area is 164 Å². The van der Waals surface area contributed by atoms with E-state index in [0.29, 0.717) is 17.4 Å². The Bertz CT molecular complexity index is 871. The molecule has 1 heterocycles. The van der Waals surface area contributed by atoms with Crippen LogP contribution in [0.15, 0.2) is 35.1 Å². The first-order chi connectivity index (χ1) is 12.6. The van der Waals surface area contributed by atoms with Crippen molar-refractivity contribution < 1.29 is 18.8 Å². The van der Waals surface area contributed by atoms with Crippen molar-refractivity contribution in [3.05, 3.63) is 52.0 Å². The van der Waals surface area contributed by atoms with Crippen molar-refractivity contribution in [2.24, 2.45) is 0 Å². The van der Waals surface area contributed by atoms with Crippen molar-refractivity contribution >= 4 is 40.0 Å². The molecule has 0 bridgehead atoms. The topological polar surface area (TPSA) is 92.3 Å². The van der Waals surface area contributed by atoms with Crippen molar-refractivity contribution in [1.29, 1.82) is 0 Å². The van der Waals surface area contributed by atoms with Crippen molar-refractivity contribution in [3.8, 4) is 0 Å². The van der Waals surface area contributed by atoms with Crippen molar-refractivity contribution in [2.75, 3.05) is 18.9 Å². The predicted octanol–water partition coefficient (Wildman–Crippen LogP) is 2.57. The summed E-state index contributed by atoms with van der Waals surface area (Å²) in [6, 6.07) is 5.05. The predicted molar refractivity (Wildman–Crippen MR) is 101 cm³/mol. The summed E-state index contributed by atoms with van der Waals surface area (Å²) in [6.45, 7) is 3.11. The zero-order valence-corrected chi connectivity index (χ0v) is 16.6. The molecule has 2 rings (SSSR count). The normalized spacial score (nSPS) is 11.0. The maximum atomic E-state index is 12.9. The lowest BCUT2D eigenvalue weighted by Crippen LogP contribution is -2.45. The SMILES string of the molecule is CN(CC(=O)Nc1ncc(F)cn1)C(=O)C(C)(C)c1cc(Br)ccc1C=O. The van der Waals surface area contributed by atoms with E-state index in [0.717, 1.165) is 16.9 Å². The molecule has 0 atom stereocenters. The maximum absolute atomic E-state index is 12.9. The summed E-state index contributed by atoms with van der Waals surface area (Å²) < 4.78 is 13.5. The van der Waals surface area contributed by atoms with E-state index >= 15 is 0 Å². The minimum Gasteiger partial charge on any atom is -0.336 e. The second-order valence-corrected chi connectivity index (χ2v) is 7.32. The van der Waals surface area contributed by atoms with Gasteiger partial charge in [-0.2, -0.15) is 0 Å². The van der Waals surface area contributed by atoms with Crippen molar-refractivity contribution in [3.63, 3.8) is 0 Å². The van der Waals surface area contributed by atoms with E-state index in [4.69, 9.17) is 0 Å². The zero-order chi connectivity index (χ0) is 20.2. The Morgan fingerprint density at radius 2 is 1.93 bits per heavy atom. The van der Waals surface area contributed by atoms with Crippen molar-refractivity contribution in [1.82, 2.24) is 14.9 Å². The highest BCUT2D eigenvalue weighted by Gasteiger charge is 2.35. The van der Waals surface area contributed by atoms with Crippen LogP contribution < -0.4 is 5.32 Å². The highest BCUT2D eigenvalue weighted by Crippen LogP contribution is 2.30. The molecule has 0 aliphatic rings. The van der Waals surface area contributed by atoms with Crippen LogP contribution in [0.3, 0.4) is 0 Å². The third-order valence-electron chi connectivity index (χ3n) is 3.95. The van der Waals surface area contributed by atoms with Crippen LogP contribution in [0.1, 0.15) is 29.8 Å². The van der Waals surface area contributed by atoms with Crippen LogP contribution in [0.2, 0.25) is 0 Å². The van der Waals surface area contributed by atoms with Gasteiger partial charge in [0.15, 0.2) is 5.82 Å². The second-order valence-electron chi connectivity index (χ2n) is 6.41. The quantitative estimate of drug-likeness (QED) is 0.702. The molecule has 2 amide bonds. The molecule has 2 aromatic rings. The van der Waals surface area contributed by atoms with E-state index in [1.165, 1.54) is 11.9 Å². The Morgan fingerprint density at radius 1 is 1.30 bits per heavy atom. The molecule has 142 valence electrons. The number of rotatable bonds is 6. The fraction of sp³-hybridized carbons (Fsp3) is 0.278. The van der Waals surface area contributed by atoms with Gasteiger partial charge in [-0.1, -0.05) is 22.0 Å². The molecule has 7 nitrogen and oxygen atoms in total. The van der Waals surface area contributed by atoms with Gasteiger partial charge in [0.1, 0.15) is 6.29 Å². The number of carbonyl (C=O) groups is 3. The largest absolute Gasteiger partial charge is 0.336 e. The van der Waals surface area contributed by atoms with E-state index < -0.39 is 17.1 Å². The van der Waals surface area contributed by atoms with Crippen LogP contribution in [0.25, 0.3) is 0 Å². The summed E-state index contributed by atoms with van der Waals surface area (Å²) >= 11 is 3.34. The van der Waals surface area contributed by atoms with Crippen LogP contribution in [0, 0.1) is 5.82 Å². The number of aromatic nitrogens is 2. The summed E-state index contributed by atoms with van der Waals surface area (Å²) in [4.78, 5) is 44.9. The number of nitrogens with one attached hydrogen (secondary N) is 1. The van der Waals surface area contributed by atoms with Gasteiger partial charge in [-0.3, -0.25) is 19.7 Å². The number of likely N-dealkylation sites (N-methyl/N-ethyl adjacent to an activating group) is 1. The number of anilines is 1. The van der Waals surface area contributed by atoms with Crippen LogP contribution >= 0.6 is 15.9 Å². The lowest BCUT2D eigenvalue weighted by Gasteiger charge is -2.30. The molecule has 0 fully saturated rings. The van der Waals surface area contributed by atoms with Gasteiger partial charge in [-0.25, -0.2) is 14.4 Å². The van der Waals surface area contributed by atoms with E-state index in [9.17, 15) is 18.8 Å². The monoisotopic (exact) mass is 436 g/mol. The molecule has 27 heavy (non-hydrogen) atoms. The highest BCUT2D eigenvalue weighted by molar-refractivity contribution is 9.10. The lowest BCUT2D eigenvalue weighted by atomic mass is 9.80. The third kappa shape index (κ3) is 4.94. The molecule has 1 aromatic carbocycles. The van der Waals surface area contributed by atoms with Gasteiger partial charge in [0.25, 0.3) is 0 Å². The summed E-state index contributed by atoms with van der Waals surface area (Å²) in [7, 11) is 1.48. The van der Waals surface area contributed by atoms with E-state index in [2.05, 4.69) is 31.2 Å². The molecule has 0 unspecified atom stereocenters. The standard InChI is InChI=1S/C18H18BrFN4O3/c1-18(2,14-6-12(19)5-4-11(14)10-25)16(27)24(3)9-15(26)23-17-21-7-13(20)8-22-17/h4-8,10H,9H2,1-3H3,(H,21,22,23,26). The number of benzene rings is 1. The molecule has 0 saturated carbocycles. The molecule has 0 aliphatic carbocycles. The van der Waals surface area contributed by atoms with Gasteiger partial charge in [-0.15, -0.1) is 0 Å². The highest BCUT2D eigenvalue weighted by atomic mass is 79.9. The molecule has 0 spiro atoms. The second kappa shape index (κ2) is 8.34. The van der Waals surface area contributed by atoms with Crippen LogP contribution in [0.5, 0.6) is 0 Å². The molecule has 9 heteroatoms. The first-order valence-electron chi connectivity index (χ1n) is 7.93. The fourth-order valence-electron chi connectivity index (χ4n) is 2.59. The Kier molecular flexibility index (Phi) is 6.37. The first-order valence-corrected chi connectivity index (χ1v) is 8.72. The molecule has 1 aromatic heterocycles. The minimum atomic E-state index is -1.04. The average Bonchev–Trinajstić information content (AvgIpc) is 2.62. The number of hydrogen-bond acceptors (Lipinski definition) is 5. The lowest BCUT2D eigenvalue weighted by molar-refractivity contribution is -0.137. The van der Waals surface area contributed by atoms with Crippen LogP contribution in [0.4, 0.5) is 10.3 Å². The van der Waals surface area contributed by atoms with Gasteiger partial charge in [0.2, 0.25) is 17.8 Å². The fourth-order valence-corrected chi connectivity index (χ4v) is 2.95. The Morgan fingerprint density at radius 3 is 2.52 bits per heavy atom. The molecule has 0 aliphatic heterocycles. The summed E-state index contributed by atoms with van der Waals surface area (Å²) in [5, 5.41) is 2.39. The first kappa shape index (κ1) is 20.6. The third-order valence-corrected chi connectivity index (χ3v) is 4.44. The molecule has 0 radical (unpaired) electrons. The molecular formula is C18H18BrFN4O3. The van der Waals surface area contributed by atoms with Gasteiger partial charge >= 0.3 is 0 Å². The maximum Gasteiger partial charge on any atom is 0.246 e. The number of hydrogen-bond donors (Lipinski definition) is 1. The summed E-state index contributed by atoms with van der Waals surface area (Å²) in [5.74, 6) is -1.56. The van der Waals surface area contributed by atoms with E-state index in [1.54, 1.807) is 32.0 Å². The van der Waals surface area contributed by atoms with E-state index in [-0.39, 0.29) is 18.4 Å².